The summed E-state index contributed by atoms with van der Waals surface area (Å²) in [5.74, 6) is 0. The van der Waals surface area contributed by atoms with Crippen LogP contribution in [0.25, 0.3) is 0 Å². The van der Waals surface area contributed by atoms with E-state index in [0.29, 0.717) is 0 Å². The van der Waals surface area contributed by atoms with E-state index in [1.54, 1.807) is 6.07 Å². The van der Waals surface area contributed by atoms with Crippen LogP contribution in [-0.4, -0.2) is 13.4 Å². The Hall–Kier alpha value is -1.26. The average molecular weight is 267 g/mol. The molecule has 0 radical (unpaired) electrons. The number of nitrogens with zero attached hydrogens (tertiary/aromatic N) is 2. The van der Waals surface area contributed by atoms with Crippen LogP contribution in [0.5, 0.6) is 0 Å². The summed E-state index contributed by atoms with van der Waals surface area (Å²) in [5.41, 5.74) is -1.08. The predicted octanol–water partition coefficient (Wildman–Crippen LogP) is 2.13. The Morgan fingerprint density at radius 3 is 2.50 bits per heavy atom. The standard InChI is InChI=1S/C8H5ClF2N2O2S/c1-4-2-6(16(9,14)15)7(8(10)11)13-5(4)3-12/h2,8H,1H3. The molecule has 1 heterocycles. The molecule has 0 amide bonds. The average Bonchev–Trinajstić information content (AvgIpc) is 2.15. The largest absolute Gasteiger partial charge is 0.281 e. The third-order valence-corrected chi connectivity index (χ3v) is 3.13. The maximum absolute atomic E-state index is 12.5. The van der Waals surface area contributed by atoms with Gasteiger partial charge in [-0.25, -0.2) is 22.2 Å². The molecule has 86 valence electrons. The van der Waals surface area contributed by atoms with Crippen LogP contribution in [0.2, 0.25) is 0 Å². The van der Waals surface area contributed by atoms with Gasteiger partial charge < -0.3 is 0 Å². The normalized spacial score (nSPS) is 11.5. The third kappa shape index (κ3) is 2.46. The summed E-state index contributed by atoms with van der Waals surface area (Å²) in [6.07, 6.45) is -3.11. The number of nitriles is 1. The van der Waals surface area contributed by atoms with Crippen molar-refractivity contribution in [3.8, 4) is 6.07 Å². The lowest BCUT2D eigenvalue weighted by Crippen LogP contribution is -2.05. The van der Waals surface area contributed by atoms with E-state index in [1.165, 1.54) is 6.92 Å². The Balaban J connectivity index is 3.63. The molecule has 4 nitrogen and oxygen atoms in total. The number of aryl methyl sites for hydroxylation is 1. The zero-order valence-electron chi connectivity index (χ0n) is 7.91. The summed E-state index contributed by atoms with van der Waals surface area (Å²) in [7, 11) is 0.686. The number of hydrogen-bond donors (Lipinski definition) is 0. The van der Waals surface area contributed by atoms with Gasteiger partial charge in [-0.05, 0) is 18.6 Å². The van der Waals surface area contributed by atoms with Crippen LogP contribution in [0.1, 0.15) is 23.4 Å². The maximum atomic E-state index is 12.5. The molecule has 0 aliphatic heterocycles. The van der Waals surface area contributed by atoms with Crippen molar-refractivity contribution < 1.29 is 17.2 Å². The lowest BCUT2D eigenvalue weighted by molar-refractivity contribution is 0.142. The molecule has 0 unspecified atom stereocenters. The number of aromatic nitrogens is 1. The molecule has 0 saturated carbocycles. The van der Waals surface area contributed by atoms with E-state index in [-0.39, 0.29) is 11.3 Å². The highest BCUT2D eigenvalue weighted by molar-refractivity contribution is 8.13. The molecular formula is C8H5ClF2N2O2S. The molecule has 0 atom stereocenters. The summed E-state index contributed by atoms with van der Waals surface area (Å²) < 4.78 is 47.1. The highest BCUT2D eigenvalue weighted by Crippen LogP contribution is 2.28. The van der Waals surface area contributed by atoms with Gasteiger partial charge in [0.2, 0.25) is 0 Å². The predicted molar refractivity (Wildman–Crippen MR) is 51.7 cm³/mol. The van der Waals surface area contributed by atoms with Crippen LogP contribution in [-0.2, 0) is 9.05 Å². The van der Waals surface area contributed by atoms with Crippen molar-refractivity contribution in [3.05, 3.63) is 23.0 Å². The highest BCUT2D eigenvalue weighted by atomic mass is 35.7. The SMILES string of the molecule is Cc1cc(S(=O)(=O)Cl)c(C(F)F)nc1C#N. The first-order valence-electron chi connectivity index (χ1n) is 3.92. The van der Waals surface area contributed by atoms with Crippen LogP contribution in [0.4, 0.5) is 8.78 Å². The van der Waals surface area contributed by atoms with Gasteiger partial charge in [0.1, 0.15) is 22.4 Å². The van der Waals surface area contributed by atoms with E-state index >= 15 is 0 Å². The van der Waals surface area contributed by atoms with Gasteiger partial charge in [0.15, 0.2) is 0 Å². The van der Waals surface area contributed by atoms with Crippen LogP contribution >= 0.6 is 10.7 Å². The number of hydrogen-bond acceptors (Lipinski definition) is 4. The number of alkyl halides is 2. The lowest BCUT2D eigenvalue weighted by atomic mass is 10.2. The van der Waals surface area contributed by atoms with Gasteiger partial charge >= 0.3 is 0 Å². The molecule has 0 aliphatic rings. The Labute approximate surface area is 94.9 Å². The van der Waals surface area contributed by atoms with Crippen LogP contribution in [0.3, 0.4) is 0 Å². The monoisotopic (exact) mass is 266 g/mol. The van der Waals surface area contributed by atoms with Gasteiger partial charge in [-0.15, -0.1) is 0 Å². The van der Waals surface area contributed by atoms with Crippen molar-refractivity contribution in [3.63, 3.8) is 0 Å². The van der Waals surface area contributed by atoms with E-state index in [9.17, 15) is 17.2 Å². The smallest absolute Gasteiger partial charge is 0.234 e. The summed E-state index contributed by atoms with van der Waals surface area (Å²) in [6.45, 7) is 1.38. The van der Waals surface area contributed by atoms with Crippen LogP contribution in [0, 0.1) is 18.3 Å². The van der Waals surface area contributed by atoms with E-state index in [0.717, 1.165) is 6.07 Å². The number of halogens is 3. The molecule has 0 bridgehead atoms. The van der Waals surface area contributed by atoms with E-state index in [4.69, 9.17) is 15.9 Å². The van der Waals surface area contributed by atoms with Crippen molar-refractivity contribution in [2.45, 2.75) is 18.2 Å². The fourth-order valence-electron chi connectivity index (χ4n) is 1.07. The van der Waals surface area contributed by atoms with Crippen LogP contribution in [0.15, 0.2) is 11.0 Å². The lowest BCUT2D eigenvalue weighted by Gasteiger charge is -2.07. The molecule has 16 heavy (non-hydrogen) atoms. The Kier molecular flexibility index (Phi) is 3.45. The fourth-order valence-corrected chi connectivity index (χ4v) is 2.14. The molecule has 0 aliphatic carbocycles. The molecule has 0 N–H and O–H groups in total. The Bertz CT molecular complexity index is 566. The first kappa shape index (κ1) is 12.8. The van der Waals surface area contributed by atoms with Gasteiger partial charge in [-0.1, -0.05) is 0 Å². The number of pyridine rings is 1. The van der Waals surface area contributed by atoms with Gasteiger partial charge in [-0.2, -0.15) is 5.26 Å². The third-order valence-electron chi connectivity index (χ3n) is 1.78. The van der Waals surface area contributed by atoms with Crippen molar-refractivity contribution in [2.24, 2.45) is 0 Å². The van der Waals surface area contributed by atoms with Gasteiger partial charge in [0.25, 0.3) is 15.5 Å². The summed E-state index contributed by atoms with van der Waals surface area (Å²) in [6, 6.07) is 2.50. The van der Waals surface area contributed by atoms with Gasteiger partial charge in [0.05, 0.1) is 0 Å². The van der Waals surface area contributed by atoms with Gasteiger partial charge in [-0.3, -0.25) is 0 Å². The van der Waals surface area contributed by atoms with Crippen molar-refractivity contribution in [1.82, 2.24) is 4.98 Å². The minimum absolute atomic E-state index is 0.172. The zero-order chi connectivity index (χ0) is 12.5. The van der Waals surface area contributed by atoms with Crippen molar-refractivity contribution in [1.29, 1.82) is 5.26 Å². The molecule has 0 saturated heterocycles. The van der Waals surface area contributed by atoms with E-state index in [1.807, 2.05) is 0 Å². The molecular weight excluding hydrogens is 262 g/mol. The molecule has 1 rings (SSSR count). The van der Waals surface area contributed by atoms with Crippen molar-refractivity contribution in [2.75, 3.05) is 0 Å². The molecule has 0 spiro atoms. The number of rotatable bonds is 2. The van der Waals surface area contributed by atoms with E-state index in [2.05, 4.69) is 4.98 Å². The molecule has 1 aromatic heterocycles. The maximum Gasteiger partial charge on any atom is 0.281 e. The zero-order valence-corrected chi connectivity index (χ0v) is 9.48. The Morgan fingerprint density at radius 2 is 2.12 bits per heavy atom. The first-order chi connectivity index (χ1) is 7.27. The summed E-state index contributed by atoms with van der Waals surface area (Å²) in [4.78, 5) is 2.52. The van der Waals surface area contributed by atoms with E-state index < -0.39 is 26.1 Å². The quantitative estimate of drug-likeness (QED) is 0.769. The fraction of sp³-hybridized carbons (Fsp3) is 0.250. The summed E-state index contributed by atoms with van der Waals surface area (Å²) in [5, 5.41) is 8.58. The first-order valence-corrected chi connectivity index (χ1v) is 6.22. The minimum atomic E-state index is -4.31. The van der Waals surface area contributed by atoms with Crippen LogP contribution < -0.4 is 0 Å². The summed E-state index contributed by atoms with van der Waals surface area (Å²) >= 11 is 0. The molecule has 8 heteroatoms. The molecule has 0 fully saturated rings. The van der Waals surface area contributed by atoms with Gasteiger partial charge in [0, 0.05) is 10.7 Å². The minimum Gasteiger partial charge on any atom is -0.234 e. The molecule has 1 aromatic rings. The second-order valence-corrected chi connectivity index (χ2v) is 5.42. The van der Waals surface area contributed by atoms with Crippen molar-refractivity contribution >= 4 is 19.7 Å². The Morgan fingerprint density at radius 1 is 1.56 bits per heavy atom. The topological polar surface area (TPSA) is 70.8 Å². The highest BCUT2D eigenvalue weighted by Gasteiger charge is 2.25. The second-order valence-electron chi connectivity index (χ2n) is 2.89. The molecule has 0 aromatic carbocycles. The second kappa shape index (κ2) is 4.31.